The van der Waals surface area contributed by atoms with Crippen molar-refractivity contribution in [2.45, 2.75) is 18.0 Å². The first kappa shape index (κ1) is 22.0. The molecule has 0 saturated carbocycles. The number of methoxy groups -OCH3 is 1. The monoisotopic (exact) mass is 442 g/mol. The first-order chi connectivity index (χ1) is 14.0. The SMILES string of the molecule is COCCS(=O)(=O)c1ccc(-c2cc(C(F)(F)F)nn2-c2ccc(C)c(F)c2)cc1. The Morgan fingerprint density at radius 2 is 1.73 bits per heavy atom. The summed E-state index contributed by atoms with van der Waals surface area (Å²) in [6.07, 6.45) is -4.70. The van der Waals surface area contributed by atoms with Crippen LogP contribution in [0.25, 0.3) is 16.9 Å². The van der Waals surface area contributed by atoms with Crippen molar-refractivity contribution in [2.24, 2.45) is 0 Å². The van der Waals surface area contributed by atoms with Gasteiger partial charge in [0.15, 0.2) is 15.5 Å². The third-order valence-corrected chi connectivity index (χ3v) is 6.16. The van der Waals surface area contributed by atoms with Crippen molar-refractivity contribution in [3.8, 4) is 16.9 Å². The number of hydrogen-bond acceptors (Lipinski definition) is 4. The molecule has 2 aromatic carbocycles. The number of halogens is 4. The molecule has 3 aromatic rings. The van der Waals surface area contributed by atoms with Crippen LogP contribution in [0.4, 0.5) is 17.6 Å². The van der Waals surface area contributed by atoms with Gasteiger partial charge < -0.3 is 4.74 Å². The van der Waals surface area contributed by atoms with Gasteiger partial charge in [-0.2, -0.15) is 18.3 Å². The molecule has 0 N–H and O–H groups in total. The molecule has 3 rings (SSSR count). The van der Waals surface area contributed by atoms with Crippen molar-refractivity contribution in [3.63, 3.8) is 0 Å². The van der Waals surface area contributed by atoms with Crippen LogP contribution < -0.4 is 0 Å². The van der Waals surface area contributed by atoms with E-state index >= 15 is 0 Å². The summed E-state index contributed by atoms with van der Waals surface area (Å²) < 4.78 is 84.0. The van der Waals surface area contributed by atoms with Gasteiger partial charge in [-0.1, -0.05) is 18.2 Å². The number of nitrogens with zero attached hydrogens (tertiary/aromatic N) is 2. The van der Waals surface area contributed by atoms with Crippen LogP contribution in [0.2, 0.25) is 0 Å². The van der Waals surface area contributed by atoms with E-state index in [1.54, 1.807) is 0 Å². The quantitative estimate of drug-likeness (QED) is 0.530. The summed E-state index contributed by atoms with van der Waals surface area (Å²) in [5.41, 5.74) is -0.346. The Morgan fingerprint density at radius 3 is 2.30 bits per heavy atom. The Kier molecular flexibility index (Phi) is 6.00. The molecule has 0 atom stereocenters. The molecule has 160 valence electrons. The van der Waals surface area contributed by atoms with E-state index in [1.807, 2.05) is 0 Å². The second-order valence-corrected chi connectivity index (χ2v) is 8.70. The molecule has 0 spiro atoms. The zero-order valence-electron chi connectivity index (χ0n) is 16.1. The second-order valence-electron chi connectivity index (χ2n) is 6.59. The summed E-state index contributed by atoms with van der Waals surface area (Å²) in [7, 11) is -2.21. The second kappa shape index (κ2) is 8.19. The number of hydrogen-bond donors (Lipinski definition) is 0. The van der Waals surface area contributed by atoms with Gasteiger partial charge in [-0.25, -0.2) is 17.5 Å². The number of aryl methyl sites for hydroxylation is 1. The van der Waals surface area contributed by atoms with Gasteiger partial charge in [0.05, 0.1) is 28.6 Å². The highest BCUT2D eigenvalue weighted by Gasteiger charge is 2.35. The van der Waals surface area contributed by atoms with E-state index < -0.39 is 27.5 Å². The Bertz CT molecular complexity index is 1150. The lowest BCUT2D eigenvalue weighted by atomic mass is 10.1. The topological polar surface area (TPSA) is 61.2 Å². The first-order valence-electron chi connectivity index (χ1n) is 8.79. The number of benzene rings is 2. The van der Waals surface area contributed by atoms with E-state index in [9.17, 15) is 26.0 Å². The molecule has 1 heterocycles. The number of ether oxygens (including phenoxy) is 1. The Hall–Kier alpha value is -2.72. The smallest absolute Gasteiger partial charge is 0.384 e. The van der Waals surface area contributed by atoms with Crippen LogP contribution in [-0.4, -0.2) is 37.7 Å². The van der Waals surface area contributed by atoms with Crippen molar-refractivity contribution in [3.05, 3.63) is 65.6 Å². The van der Waals surface area contributed by atoms with Gasteiger partial charge in [-0.05, 0) is 42.8 Å². The standard InChI is InChI=1S/C20H18F4N2O3S/c1-13-3-6-15(11-17(13)21)26-18(12-19(25-26)20(22,23)24)14-4-7-16(8-5-14)30(27,28)10-9-29-2/h3-8,11-12H,9-10H2,1-2H3. The molecular weight excluding hydrogens is 424 g/mol. The minimum Gasteiger partial charge on any atom is -0.384 e. The highest BCUT2D eigenvalue weighted by molar-refractivity contribution is 7.91. The van der Waals surface area contributed by atoms with E-state index in [2.05, 4.69) is 5.10 Å². The molecule has 0 fully saturated rings. The van der Waals surface area contributed by atoms with E-state index in [0.717, 1.165) is 16.8 Å². The zero-order valence-corrected chi connectivity index (χ0v) is 16.9. The predicted molar refractivity (Wildman–Crippen MR) is 103 cm³/mol. The molecule has 0 aliphatic rings. The fourth-order valence-corrected chi connectivity index (χ4v) is 3.95. The molecule has 0 unspecified atom stereocenters. The van der Waals surface area contributed by atoms with Gasteiger partial charge in [0.25, 0.3) is 0 Å². The number of rotatable bonds is 6. The summed E-state index contributed by atoms with van der Waals surface area (Å²) in [5.74, 6) is -0.802. The summed E-state index contributed by atoms with van der Waals surface area (Å²) in [5, 5.41) is 3.60. The normalized spacial score (nSPS) is 12.3. The van der Waals surface area contributed by atoms with Gasteiger partial charge >= 0.3 is 6.18 Å². The summed E-state index contributed by atoms with van der Waals surface area (Å²) in [4.78, 5) is 0.0202. The van der Waals surface area contributed by atoms with Crippen LogP contribution in [0.15, 0.2) is 53.4 Å². The Balaban J connectivity index is 2.08. The maximum Gasteiger partial charge on any atom is 0.435 e. The summed E-state index contributed by atoms with van der Waals surface area (Å²) in [6, 6.07) is 10.2. The summed E-state index contributed by atoms with van der Waals surface area (Å²) >= 11 is 0. The molecule has 1 aromatic heterocycles. The first-order valence-corrected chi connectivity index (χ1v) is 10.4. The highest BCUT2D eigenvalue weighted by Crippen LogP contribution is 2.33. The molecule has 0 radical (unpaired) electrons. The molecule has 0 saturated heterocycles. The fourth-order valence-electron chi connectivity index (χ4n) is 2.78. The van der Waals surface area contributed by atoms with Crippen LogP contribution in [0.1, 0.15) is 11.3 Å². The van der Waals surface area contributed by atoms with E-state index in [4.69, 9.17) is 4.74 Å². The Labute approximate surface area is 170 Å². The van der Waals surface area contributed by atoms with Gasteiger partial charge in [-0.15, -0.1) is 0 Å². The van der Waals surface area contributed by atoms with Crippen LogP contribution in [-0.2, 0) is 20.8 Å². The van der Waals surface area contributed by atoms with Crippen molar-refractivity contribution in [2.75, 3.05) is 19.5 Å². The van der Waals surface area contributed by atoms with Crippen LogP contribution in [0, 0.1) is 12.7 Å². The third kappa shape index (κ3) is 4.54. The molecular formula is C20H18F4N2O3S. The molecule has 10 heteroatoms. The molecule has 5 nitrogen and oxygen atoms in total. The van der Waals surface area contributed by atoms with Gasteiger partial charge in [0.1, 0.15) is 5.82 Å². The largest absolute Gasteiger partial charge is 0.435 e. The van der Waals surface area contributed by atoms with Crippen molar-refractivity contribution >= 4 is 9.84 Å². The Morgan fingerprint density at radius 1 is 1.07 bits per heavy atom. The van der Waals surface area contributed by atoms with Crippen molar-refractivity contribution in [1.29, 1.82) is 0 Å². The highest BCUT2D eigenvalue weighted by atomic mass is 32.2. The lowest BCUT2D eigenvalue weighted by molar-refractivity contribution is -0.141. The zero-order chi connectivity index (χ0) is 22.1. The molecule has 0 bridgehead atoms. The van der Waals surface area contributed by atoms with Crippen LogP contribution >= 0.6 is 0 Å². The number of sulfone groups is 1. The van der Waals surface area contributed by atoms with Crippen molar-refractivity contribution in [1.82, 2.24) is 9.78 Å². The van der Waals surface area contributed by atoms with Gasteiger partial charge in [0.2, 0.25) is 0 Å². The molecule has 0 amide bonds. The number of alkyl halides is 3. The van der Waals surface area contributed by atoms with Gasteiger partial charge in [0, 0.05) is 12.7 Å². The minimum atomic E-state index is -4.70. The van der Waals surface area contributed by atoms with E-state index in [1.165, 1.54) is 50.4 Å². The number of aromatic nitrogens is 2. The van der Waals surface area contributed by atoms with Crippen LogP contribution in [0.3, 0.4) is 0 Å². The molecule has 0 aliphatic carbocycles. The summed E-state index contributed by atoms with van der Waals surface area (Å²) in [6.45, 7) is 1.55. The third-order valence-electron chi connectivity index (χ3n) is 4.47. The predicted octanol–water partition coefficient (Wildman–Crippen LogP) is 4.43. The van der Waals surface area contributed by atoms with E-state index in [-0.39, 0.29) is 28.6 Å². The van der Waals surface area contributed by atoms with Gasteiger partial charge in [-0.3, -0.25) is 0 Å². The fraction of sp³-hybridized carbons (Fsp3) is 0.250. The lowest BCUT2D eigenvalue weighted by Gasteiger charge is -2.10. The van der Waals surface area contributed by atoms with E-state index in [0.29, 0.717) is 11.1 Å². The van der Waals surface area contributed by atoms with Crippen molar-refractivity contribution < 1.29 is 30.7 Å². The molecule has 30 heavy (non-hydrogen) atoms. The lowest BCUT2D eigenvalue weighted by Crippen LogP contribution is -2.11. The molecule has 0 aliphatic heterocycles. The average Bonchev–Trinajstić information content (AvgIpc) is 3.14. The maximum atomic E-state index is 14.0. The van der Waals surface area contributed by atoms with Crippen LogP contribution in [0.5, 0.6) is 0 Å². The average molecular weight is 442 g/mol. The maximum absolute atomic E-state index is 14.0. The minimum absolute atomic E-state index is 0.0186.